The highest BCUT2D eigenvalue weighted by molar-refractivity contribution is 5.73. The molecule has 0 saturated carbocycles. The van der Waals surface area contributed by atoms with E-state index in [9.17, 15) is 9.90 Å². The second-order valence-electron chi connectivity index (χ2n) is 2.98. The van der Waals surface area contributed by atoms with Gasteiger partial charge in [-0.2, -0.15) is 0 Å². The van der Waals surface area contributed by atoms with Gasteiger partial charge >= 0.3 is 5.97 Å². The van der Waals surface area contributed by atoms with Crippen LogP contribution in [0.3, 0.4) is 0 Å². The third kappa shape index (κ3) is 2.29. The maximum atomic E-state index is 10.5. The molecule has 0 aliphatic heterocycles. The molecular weight excluding hydrogens is 168 g/mol. The molecule has 3 heteroatoms. The van der Waals surface area contributed by atoms with Crippen LogP contribution in [0.15, 0.2) is 30.3 Å². The van der Waals surface area contributed by atoms with Crippen molar-refractivity contribution in [2.75, 3.05) is 0 Å². The van der Waals surface area contributed by atoms with E-state index in [0.29, 0.717) is 0 Å². The van der Waals surface area contributed by atoms with Crippen LogP contribution in [0.25, 0.3) is 0 Å². The van der Waals surface area contributed by atoms with Gasteiger partial charge in [0.25, 0.3) is 0 Å². The van der Waals surface area contributed by atoms with E-state index in [0.717, 1.165) is 5.56 Å². The van der Waals surface area contributed by atoms with Gasteiger partial charge in [-0.05, 0) is 5.56 Å². The van der Waals surface area contributed by atoms with Crippen molar-refractivity contribution < 1.29 is 15.0 Å². The maximum absolute atomic E-state index is 10.5. The number of benzene rings is 1. The minimum absolute atomic E-state index is 0.376. The Balaban J connectivity index is 2.79. The Kier molecular flexibility index (Phi) is 3.03. The van der Waals surface area contributed by atoms with E-state index in [1.54, 1.807) is 19.1 Å². The average Bonchev–Trinajstić information content (AvgIpc) is 2.17. The van der Waals surface area contributed by atoms with Crippen molar-refractivity contribution in [3.63, 3.8) is 0 Å². The molecule has 0 heterocycles. The predicted molar refractivity (Wildman–Crippen MR) is 48.5 cm³/mol. The monoisotopic (exact) mass is 180 g/mol. The largest absolute Gasteiger partial charge is 0.479 e. The van der Waals surface area contributed by atoms with E-state index >= 15 is 0 Å². The van der Waals surface area contributed by atoms with Gasteiger partial charge in [0.1, 0.15) is 0 Å². The highest BCUT2D eigenvalue weighted by Gasteiger charge is 2.22. The number of aliphatic hydroxyl groups is 1. The van der Waals surface area contributed by atoms with Crippen LogP contribution in [0.1, 0.15) is 18.4 Å². The zero-order valence-corrected chi connectivity index (χ0v) is 7.34. The van der Waals surface area contributed by atoms with E-state index in [2.05, 4.69) is 0 Å². The van der Waals surface area contributed by atoms with Crippen LogP contribution in [0.4, 0.5) is 0 Å². The number of aliphatic hydroxyl groups excluding tert-OH is 1. The lowest BCUT2D eigenvalue weighted by atomic mass is 9.96. The van der Waals surface area contributed by atoms with Gasteiger partial charge in [0, 0.05) is 5.92 Å². The summed E-state index contributed by atoms with van der Waals surface area (Å²) in [6.45, 7) is 1.69. The van der Waals surface area contributed by atoms with Crippen molar-refractivity contribution in [3.8, 4) is 0 Å². The molecule has 2 atom stereocenters. The summed E-state index contributed by atoms with van der Waals surface area (Å²) in [5, 5.41) is 17.8. The lowest BCUT2D eigenvalue weighted by Crippen LogP contribution is -2.25. The molecule has 0 amide bonds. The molecule has 0 spiro atoms. The number of hydrogen-bond acceptors (Lipinski definition) is 2. The highest BCUT2D eigenvalue weighted by atomic mass is 16.4. The first-order chi connectivity index (χ1) is 6.13. The van der Waals surface area contributed by atoms with Crippen molar-refractivity contribution in [2.24, 2.45) is 0 Å². The summed E-state index contributed by atoms with van der Waals surface area (Å²) in [5.41, 5.74) is 0.831. The Bertz CT molecular complexity index is 281. The van der Waals surface area contributed by atoms with Crippen molar-refractivity contribution in [2.45, 2.75) is 18.9 Å². The molecule has 1 aromatic rings. The number of rotatable bonds is 3. The summed E-state index contributed by atoms with van der Waals surface area (Å²) in [6.07, 6.45) is -1.33. The van der Waals surface area contributed by atoms with Crippen LogP contribution in [0, 0.1) is 0 Å². The number of carbonyl (C=O) groups is 1. The van der Waals surface area contributed by atoms with Crippen LogP contribution in [-0.2, 0) is 4.79 Å². The molecule has 0 bridgehead atoms. The SMILES string of the molecule is C[C@@H](c1ccccc1)[C@@H](O)C(=O)O. The fourth-order valence-corrected chi connectivity index (χ4v) is 1.15. The van der Waals surface area contributed by atoms with Crippen LogP contribution in [0.2, 0.25) is 0 Å². The molecule has 0 aliphatic rings. The van der Waals surface area contributed by atoms with Gasteiger partial charge in [0.05, 0.1) is 0 Å². The van der Waals surface area contributed by atoms with E-state index in [-0.39, 0.29) is 5.92 Å². The zero-order chi connectivity index (χ0) is 9.84. The van der Waals surface area contributed by atoms with E-state index in [1.165, 1.54) is 0 Å². The van der Waals surface area contributed by atoms with Gasteiger partial charge < -0.3 is 10.2 Å². The molecule has 2 N–H and O–H groups in total. The minimum atomic E-state index is -1.33. The molecule has 0 aliphatic carbocycles. The summed E-state index contributed by atoms with van der Waals surface area (Å²) in [7, 11) is 0. The van der Waals surface area contributed by atoms with Crippen molar-refractivity contribution >= 4 is 5.97 Å². The molecule has 1 aromatic carbocycles. The maximum Gasteiger partial charge on any atom is 0.333 e. The standard InChI is InChI=1S/C10H12O3/c1-7(9(11)10(12)13)8-5-3-2-4-6-8/h2-7,9,11H,1H3,(H,12,13)/t7-,9+/m0/s1. The Hall–Kier alpha value is -1.35. The van der Waals surface area contributed by atoms with Crippen molar-refractivity contribution in [1.82, 2.24) is 0 Å². The first-order valence-corrected chi connectivity index (χ1v) is 4.08. The molecule has 1 rings (SSSR count). The quantitative estimate of drug-likeness (QED) is 0.735. The third-order valence-corrected chi connectivity index (χ3v) is 2.05. The summed E-state index contributed by atoms with van der Waals surface area (Å²) in [5.74, 6) is -1.56. The minimum Gasteiger partial charge on any atom is -0.479 e. The molecule has 3 nitrogen and oxygen atoms in total. The Morgan fingerprint density at radius 3 is 2.31 bits per heavy atom. The Morgan fingerprint density at radius 1 is 1.31 bits per heavy atom. The van der Waals surface area contributed by atoms with Gasteiger partial charge in [-0.15, -0.1) is 0 Å². The zero-order valence-electron chi connectivity index (χ0n) is 7.34. The van der Waals surface area contributed by atoms with Gasteiger partial charge in [0.2, 0.25) is 0 Å². The highest BCUT2D eigenvalue weighted by Crippen LogP contribution is 2.18. The number of carboxylic acids is 1. The van der Waals surface area contributed by atoms with Gasteiger partial charge in [-0.1, -0.05) is 37.3 Å². The summed E-state index contributed by atoms with van der Waals surface area (Å²) < 4.78 is 0. The van der Waals surface area contributed by atoms with Crippen molar-refractivity contribution in [3.05, 3.63) is 35.9 Å². The lowest BCUT2D eigenvalue weighted by molar-refractivity contribution is -0.147. The van der Waals surface area contributed by atoms with E-state index < -0.39 is 12.1 Å². The molecule has 13 heavy (non-hydrogen) atoms. The summed E-state index contributed by atoms with van der Waals surface area (Å²) in [4.78, 5) is 10.5. The lowest BCUT2D eigenvalue weighted by Gasteiger charge is -2.14. The van der Waals surface area contributed by atoms with Crippen LogP contribution in [0.5, 0.6) is 0 Å². The molecule has 0 radical (unpaired) electrons. The topological polar surface area (TPSA) is 57.5 Å². The summed E-state index contributed by atoms with van der Waals surface area (Å²) in [6, 6.07) is 9.10. The van der Waals surface area contributed by atoms with Gasteiger partial charge in [-0.25, -0.2) is 4.79 Å². The first-order valence-electron chi connectivity index (χ1n) is 4.08. The smallest absolute Gasteiger partial charge is 0.333 e. The number of aliphatic carboxylic acids is 1. The Morgan fingerprint density at radius 2 is 1.85 bits per heavy atom. The fourth-order valence-electron chi connectivity index (χ4n) is 1.15. The molecule has 0 unspecified atom stereocenters. The van der Waals surface area contributed by atoms with Crippen LogP contribution < -0.4 is 0 Å². The predicted octanol–water partition coefficient (Wildman–Crippen LogP) is 1.24. The fraction of sp³-hybridized carbons (Fsp3) is 0.300. The van der Waals surface area contributed by atoms with Crippen LogP contribution in [-0.4, -0.2) is 22.3 Å². The summed E-state index contributed by atoms with van der Waals surface area (Å²) >= 11 is 0. The number of carboxylic acid groups (broad SMARTS) is 1. The molecular formula is C10H12O3. The third-order valence-electron chi connectivity index (χ3n) is 2.05. The molecule has 70 valence electrons. The van der Waals surface area contributed by atoms with Crippen molar-refractivity contribution in [1.29, 1.82) is 0 Å². The average molecular weight is 180 g/mol. The molecule has 0 saturated heterocycles. The van der Waals surface area contributed by atoms with Crippen LogP contribution >= 0.6 is 0 Å². The first kappa shape index (κ1) is 9.74. The number of hydrogen-bond donors (Lipinski definition) is 2. The normalized spacial score (nSPS) is 14.9. The van der Waals surface area contributed by atoms with Gasteiger partial charge in [-0.3, -0.25) is 0 Å². The van der Waals surface area contributed by atoms with E-state index in [4.69, 9.17) is 5.11 Å². The second kappa shape index (κ2) is 4.05. The molecule has 0 fully saturated rings. The van der Waals surface area contributed by atoms with E-state index in [1.807, 2.05) is 18.2 Å². The molecule has 0 aromatic heterocycles. The van der Waals surface area contributed by atoms with Gasteiger partial charge in [0.15, 0.2) is 6.10 Å². The Labute approximate surface area is 76.6 Å². The second-order valence-corrected chi connectivity index (χ2v) is 2.98.